The number of halogens is 2. The maximum atomic E-state index is 12.5. The second kappa shape index (κ2) is 6.60. The molecule has 0 atom stereocenters. The van der Waals surface area contributed by atoms with Crippen molar-refractivity contribution in [2.24, 2.45) is 0 Å². The molecule has 1 N–H and O–H groups in total. The van der Waals surface area contributed by atoms with Crippen LogP contribution in [0.3, 0.4) is 0 Å². The SMILES string of the molecule is CC(C)(Oc1ccc(C(=O)c2c(Cl)cccc2Cl)cc1)C(=O)O. The molecule has 0 aliphatic rings. The van der Waals surface area contributed by atoms with Crippen molar-refractivity contribution < 1.29 is 19.4 Å². The van der Waals surface area contributed by atoms with Gasteiger partial charge in [-0.2, -0.15) is 0 Å². The van der Waals surface area contributed by atoms with Gasteiger partial charge in [0.15, 0.2) is 11.4 Å². The minimum Gasteiger partial charge on any atom is -0.478 e. The molecule has 0 heterocycles. The summed E-state index contributed by atoms with van der Waals surface area (Å²) in [6.07, 6.45) is 0. The number of ketones is 1. The summed E-state index contributed by atoms with van der Waals surface area (Å²) in [5.41, 5.74) is -0.756. The summed E-state index contributed by atoms with van der Waals surface area (Å²) in [7, 11) is 0. The quantitative estimate of drug-likeness (QED) is 0.806. The molecule has 6 heteroatoms. The second-order valence-electron chi connectivity index (χ2n) is 5.37. The van der Waals surface area contributed by atoms with E-state index in [9.17, 15) is 9.59 Å². The summed E-state index contributed by atoms with van der Waals surface area (Å²) in [6, 6.07) is 11.0. The summed E-state index contributed by atoms with van der Waals surface area (Å²) in [5.74, 6) is -1.05. The number of carboxylic acids is 1. The molecule has 23 heavy (non-hydrogen) atoms. The molecule has 0 unspecified atom stereocenters. The van der Waals surface area contributed by atoms with Crippen LogP contribution in [0.25, 0.3) is 0 Å². The average Bonchev–Trinajstić information content (AvgIpc) is 2.47. The lowest BCUT2D eigenvalue weighted by molar-refractivity contribution is -0.152. The van der Waals surface area contributed by atoms with Gasteiger partial charge in [-0.25, -0.2) is 4.79 Å². The Balaban J connectivity index is 2.26. The minimum atomic E-state index is -1.36. The zero-order chi connectivity index (χ0) is 17.2. The fourth-order valence-corrected chi connectivity index (χ4v) is 2.44. The highest BCUT2D eigenvalue weighted by molar-refractivity contribution is 6.41. The Morgan fingerprint density at radius 1 is 1.00 bits per heavy atom. The van der Waals surface area contributed by atoms with Gasteiger partial charge >= 0.3 is 5.97 Å². The van der Waals surface area contributed by atoms with Crippen molar-refractivity contribution in [2.45, 2.75) is 19.4 Å². The van der Waals surface area contributed by atoms with Crippen molar-refractivity contribution in [1.29, 1.82) is 0 Å². The summed E-state index contributed by atoms with van der Waals surface area (Å²) in [5, 5.41) is 9.59. The summed E-state index contributed by atoms with van der Waals surface area (Å²) in [6.45, 7) is 2.88. The van der Waals surface area contributed by atoms with Crippen LogP contribution in [0.15, 0.2) is 42.5 Å². The molecule has 0 radical (unpaired) electrons. The molecule has 0 amide bonds. The van der Waals surface area contributed by atoms with Crippen molar-refractivity contribution in [3.63, 3.8) is 0 Å². The van der Waals surface area contributed by atoms with Gasteiger partial charge < -0.3 is 9.84 Å². The first-order valence-electron chi connectivity index (χ1n) is 6.73. The van der Waals surface area contributed by atoms with E-state index in [1.807, 2.05) is 0 Å². The van der Waals surface area contributed by atoms with Crippen LogP contribution in [0.2, 0.25) is 10.0 Å². The van der Waals surface area contributed by atoms with E-state index < -0.39 is 11.6 Å². The Hall–Kier alpha value is -2.04. The van der Waals surface area contributed by atoms with Crippen molar-refractivity contribution in [3.05, 3.63) is 63.6 Å². The average molecular weight is 353 g/mol. The maximum Gasteiger partial charge on any atom is 0.347 e. The van der Waals surface area contributed by atoms with Gasteiger partial charge in [0.2, 0.25) is 0 Å². The predicted octanol–water partition coefficient (Wildman–Crippen LogP) is 4.47. The molecule has 0 aromatic heterocycles. The van der Waals surface area contributed by atoms with Crippen LogP contribution < -0.4 is 4.74 Å². The number of ether oxygens (including phenoxy) is 1. The molecular weight excluding hydrogens is 339 g/mol. The normalized spacial score (nSPS) is 11.1. The first-order chi connectivity index (χ1) is 10.7. The Morgan fingerprint density at radius 2 is 1.52 bits per heavy atom. The highest BCUT2D eigenvalue weighted by Crippen LogP contribution is 2.28. The monoisotopic (exact) mass is 352 g/mol. The van der Waals surface area contributed by atoms with Gasteiger partial charge in [-0.1, -0.05) is 29.3 Å². The van der Waals surface area contributed by atoms with Crippen LogP contribution in [-0.2, 0) is 4.79 Å². The van der Waals surface area contributed by atoms with Crippen molar-refractivity contribution in [1.82, 2.24) is 0 Å². The van der Waals surface area contributed by atoms with E-state index in [1.165, 1.54) is 38.1 Å². The van der Waals surface area contributed by atoms with E-state index in [4.69, 9.17) is 33.0 Å². The van der Waals surface area contributed by atoms with Gasteiger partial charge in [0.25, 0.3) is 0 Å². The lowest BCUT2D eigenvalue weighted by Gasteiger charge is -2.21. The highest BCUT2D eigenvalue weighted by Gasteiger charge is 2.29. The molecule has 0 saturated carbocycles. The first kappa shape index (κ1) is 17.3. The number of carboxylic acid groups (broad SMARTS) is 1. The lowest BCUT2D eigenvalue weighted by atomic mass is 10.0. The van der Waals surface area contributed by atoms with E-state index in [2.05, 4.69) is 0 Å². The molecule has 0 aliphatic carbocycles. The van der Waals surface area contributed by atoms with Crippen LogP contribution in [0, 0.1) is 0 Å². The van der Waals surface area contributed by atoms with Crippen LogP contribution in [0.5, 0.6) is 5.75 Å². The molecule has 0 aliphatic heterocycles. The molecule has 2 aromatic rings. The third-order valence-corrected chi connectivity index (χ3v) is 3.82. The van der Waals surface area contributed by atoms with Crippen molar-refractivity contribution in [2.75, 3.05) is 0 Å². The number of aliphatic carboxylic acids is 1. The van der Waals surface area contributed by atoms with E-state index in [1.54, 1.807) is 18.2 Å². The Bertz CT molecular complexity index is 731. The lowest BCUT2D eigenvalue weighted by Crippen LogP contribution is -2.37. The van der Waals surface area contributed by atoms with Crippen molar-refractivity contribution in [3.8, 4) is 5.75 Å². The second-order valence-corrected chi connectivity index (χ2v) is 6.18. The zero-order valence-electron chi connectivity index (χ0n) is 12.5. The third-order valence-electron chi connectivity index (χ3n) is 3.19. The molecule has 0 spiro atoms. The number of hydrogen-bond acceptors (Lipinski definition) is 3. The molecule has 120 valence electrons. The largest absolute Gasteiger partial charge is 0.478 e. The third kappa shape index (κ3) is 3.84. The highest BCUT2D eigenvalue weighted by atomic mass is 35.5. The topological polar surface area (TPSA) is 63.6 Å². The van der Waals surface area contributed by atoms with Gasteiger partial charge in [0.05, 0.1) is 15.6 Å². The van der Waals surface area contributed by atoms with Crippen molar-refractivity contribution >= 4 is 35.0 Å². The predicted molar refractivity (Wildman–Crippen MR) is 88.7 cm³/mol. The van der Waals surface area contributed by atoms with Crippen LogP contribution in [0.1, 0.15) is 29.8 Å². The van der Waals surface area contributed by atoms with Crippen LogP contribution in [0.4, 0.5) is 0 Å². The van der Waals surface area contributed by atoms with Gasteiger partial charge in [-0.15, -0.1) is 0 Å². The van der Waals surface area contributed by atoms with E-state index in [0.29, 0.717) is 11.3 Å². The molecular formula is C17H14Cl2O4. The maximum absolute atomic E-state index is 12.5. The minimum absolute atomic E-state index is 0.232. The molecule has 2 rings (SSSR count). The summed E-state index contributed by atoms with van der Waals surface area (Å²) >= 11 is 12.1. The smallest absolute Gasteiger partial charge is 0.347 e. The zero-order valence-corrected chi connectivity index (χ0v) is 14.0. The Kier molecular flexibility index (Phi) is 4.97. The number of carbonyl (C=O) groups excluding carboxylic acids is 1. The molecule has 0 saturated heterocycles. The molecule has 0 fully saturated rings. The standard InChI is InChI=1S/C17H14Cl2O4/c1-17(2,16(21)22)23-11-8-6-10(7-9-11)15(20)14-12(18)4-3-5-13(14)19/h3-9H,1-2H3,(H,21,22). The summed E-state index contributed by atoms with van der Waals surface area (Å²) in [4.78, 5) is 23.5. The number of benzene rings is 2. The molecule has 2 aromatic carbocycles. The molecule has 0 bridgehead atoms. The first-order valence-corrected chi connectivity index (χ1v) is 7.49. The fraction of sp³-hybridized carbons (Fsp3) is 0.176. The Morgan fingerprint density at radius 3 is 2.00 bits per heavy atom. The summed E-state index contributed by atoms with van der Waals surface area (Å²) < 4.78 is 5.39. The molecule has 4 nitrogen and oxygen atoms in total. The van der Waals surface area contributed by atoms with Crippen LogP contribution in [-0.4, -0.2) is 22.5 Å². The van der Waals surface area contributed by atoms with Gasteiger partial charge in [0, 0.05) is 5.56 Å². The van der Waals surface area contributed by atoms with Gasteiger partial charge in [0.1, 0.15) is 5.75 Å². The van der Waals surface area contributed by atoms with E-state index >= 15 is 0 Å². The van der Waals surface area contributed by atoms with Gasteiger partial charge in [-0.3, -0.25) is 4.79 Å². The number of rotatable bonds is 5. The number of hydrogen-bond donors (Lipinski definition) is 1. The number of carbonyl (C=O) groups is 2. The fourth-order valence-electron chi connectivity index (χ4n) is 1.87. The van der Waals surface area contributed by atoms with E-state index in [0.717, 1.165) is 0 Å². The Labute approximate surface area is 143 Å². The van der Waals surface area contributed by atoms with Gasteiger partial charge in [-0.05, 0) is 50.2 Å². The van der Waals surface area contributed by atoms with Crippen LogP contribution >= 0.6 is 23.2 Å². The van der Waals surface area contributed by atoms with E-state index in [-0.39, 0.29) is 21.4 Å².